The number of fused-ring (bicyclic) bond motifs is 1. The van der Waals surface area contributed by atoms with Gasteiger partial charge in [-0.2, -0.15) is 9.78 Å². The van der Waals surface area contributed by atoms with Crippen LogP contribution in [0.4, 0.5) is 5.82 Å². The van der Waals surface area contributed by atoms with Crippen LogP contribution in [0.15, 0.2) is 48.5 Å². The topological polar surface area (TPSA) is 69.0 Å². The number of hydrogen-bond donors (Lipinski definition) is 1. The minimum Gasteiger partial charge on any atom is -0.484 e. The number of para-hydroxylation sites is 1. The smallest absolute Gasteiger partial charge is 0.263 e. The number of anilines is 1. The van der Waals surface area contributed by atoms with Crippen LogP contribution < -0.4 is 10.1 Å². The van der Waals surface area contributed by atoms with E-state index in [0.29, 0.717) is 17.4 Å². The first kappa shape index (κ1) is 20.6. The fourth-order valence-corrected chi connectivity index (χ4v) is 3.76. The molecular weight excluding hydrogens is 388 g/mol. The summed E-state index contributed by atoms with van der Waals surface area (Å²) in [6.07, 6.45) is 0. The van der Waals surface area contributed by atoms with Crippen molar-refractivity contribution in [2.45, 2.75) is 34.6 Å². The van der Waals surface area contributed by atoms with Crippen LogP contribution in [0.25, 0.3) is 16.7 Å². The Hall–Kier alpha value is -3.67. The largest absolute Gasteiger partial charge is 0.484 e. The average Bonchev–Trinajstić information content (AvgIpc) is 3.06. The van der Waals surface area contributed by atoms with Crippen LogP contribution in [0.3, 0.4) is 0 Å². The number of amides is 1. The van der Waals surface area contributed by atoms with E-state index in [0.717, 1.165) is 38.9 Å². The molecular formula is C25H26N4O2. The quantitative estimate of drug-likeness (QED) is 0.500. The normalized spacial score (nSPS) is 11.0. The van der Waals surface area contributed by atoms with Gasteiger partial charge in [-0.05, 0) is 75.1 Å². The zero-order valence-electron chi connectivity index (χ0n) is 18.5. The van der Waals surface area contributed by atoms with Gasteiger partial charge in [-0.15, -0.1) is 0 Å². The Morgan fingerprint density at radius 1 is 0.968 bits per heavy atom. The van der Waals surface area contributed by atoms with E-state index >= 15 is 0 Å². The second-order valence-electron chi connectivity index (χ2n) is 8.01. The van der Waals surface area contributed by atoms with Gasteiger partial charge in [-0.3, -0.25) is 4.79 Å². The number of nitrogens with zero attached hydrogens (tertiary/aromatic N) is 3. The Labute approximate surface area is 181 Å². The molecule has 0 atom stereocenters. The summed E-state index contributed by atoms with van der Waals surface area (Å²) < 4.78 is 7.36. The van der Waals surface area contributed by atoms with E-state index in [1.54, 1.807) is 4.68 Å². The van der Waals surface area contributed by atoms with Crippen molar-refractivity contribution in [2.75, 3.05) is 11.9 Å². The minimum absolute atomic E-state index is 0.0869. The molecule has 2 aromatic heterocycles. The summed E-state index contributed by atoms with van der Waals surface area (Å²) in [5.74, 6) is 1.65. The van der Waals surface area contributed by atoms with Crippen molar-refractivity contribution in [3.05, 3.63) is 76.5 Å². The molecule has 2 heterocycles. The van der Waals surface area contributed by atoms with Crippen molar-refractivity contribution in [1.29, 1.82) is 0 Å². The molecule has 158 valence electrons. The van der Waals surface area contributed by atoms with Gasteiger partial charge in [0, 0.05) is 11.5 Å². The van der Waals surface area contributed by atoms with Crippen LogP contribution in [-0.4, -0.2) is 27.3 Å². The predicted octanol–water partition coefficient (Wildman–Crippen LogP) is 4.98. The fraction of sp³-hybridized carbons (Fsp3) is 0.240. The standard InChI is InChI=1S/C25H26N4O2/c1-15-9-16(2)11-20(10-15)31-14-24(30)26-23-13-19(5)28-29(23)22-12-18(4)21-8-6-7-17(3)25(21)27-22/h6-13H,14H2,1-5H3,(H,26,30). The third-order valence-corrected chi connectivity index (χ3v) is 5.12. The number of pyridine rings is 1. The van der Waals surface area contributed by atoms with Crippen molar-refractivity contribution < 1.29 is 9.53 Å². The van der Waals surface area contributed by atoms with Crippen LogP contribution in [0.2, 0.25) is 0 Å². The first-order valence-corrected chi connectivity index (χ1v) is 10.2. The zero-order valence-corrected chi connectivity index (χ0v) is 18.5. The molecule has 6 nitrogen and oxygen atoms in total. The lowest BCUT2D eigenvalue weighted by Gasteiger charge is -2.12. The van der Waals surface area contributed by atoms with Gasteiger partial charge in [0.1, 0.15) is 11.6 Å². The van der Waals surface area contributed by atoms with Crippen LogP contribution in [0.5, 0.6) is 5.75 Å². The van der Waals surface area contributed by atoms with Crippen LogP contribution >= 0.6 is 0 Å². The molecule has 0 fully saturated rings. The number of hydrogen-bond acceptors (Lipinski definition) is 4. The van der Waals surface area contributed by atoms with Gasteiger partial charge in [0.05, 0.1) is 11.2 Å². The van der Waals surface area contributed by atoms with Gasteiger partial charge in [-0.25, -0.2) is 4.98 Å². The van der Waals surface area contributed by atoms with E-state index in [1.807, 2.05) is 64.1 Å². The number of carbonyl (C=O) groups is 1. The zero-order chi connectivity index (χ0) is 22.1. The van der Waals surface area contributed by atoms with Crippen molar-refractivity contribution in [3.8, 4) is 11.6 Å². The summed E-state index contributed by atoms with van der Waals surface area (Å²) >= 11 is 0. The first-order valence-electron chi connectivity index (χ1n) is 10.2. The number of aromatic nitrogens is 3. The second kappa shape index (κ2) is 8.22. The first-order chi connectivity index (χ1) is 14.8. The van der Waals surface area contributed by atoms with Gasteiger partial charge in [0.15, 0.2) is 12.4 Å². The molecule has 0 bridgehead atoms. The molecule has 2 aromatic carbocycles. The number of carbonyl (C=O) groups excluding carboxylic acids is 1. The van der Waals surface area contributed by atoms with Crippen molar-refractivity contribution >= 4 is 22.6 Å². The monoisotopic (exact) mass is 414 g/mol. The Morgan fingerprint density at radius 2 is 1.71 bits per heavy atom. The Morgan fingerprint density at radius 3 is 2.45 bits per heavy atom. The Balaban J connectivity index is 1.58. The molecule has 31 heavy (non-hydrogen) atoms. The van der Waals surface area contributed by atoms with Gasteiger partial charge in [-0.1, -0.05) is 24.3 Å². The highest BCUT2D eigenvalue weighted by molar-refractivity contribution is 5.91. The summed E-state index contributed by atoms with van der Waals surface area (Å²) in [4.78, 5) is 17.4. The maximum atomic E-state index is 12.6. The predicted molar refractivity (Wildman–Crippen MR) is 123 cm³/mol. The van der Waals surface area contributed by atoms with E-state index in [1.165, 1.54) is 0 Å². The number of ether oxygens (including phenoxy) is 1. The van der Waals surface area contributed by atoms with Crippen molar-refractivity contribution in [1.82, 2.24) is 14.8 Å². The highest BCUT2D eigenvalue weighted by Gasteiger charge is 2.14. The SMILES string of the molecule is Cc1cc(C)cc(OCC(=O)Nc2cc(C)nn2-c2cc(C)c3cccc(C)c3n2)c1. The van der Waals surface area contributed by atoms with E-state index in [2.05, 4.69) is 29.5 Å². The maximum absolute atomic E-state index is 12.6. The number of rotatable bonds is 5. The average molecular weight is 415 g/mol. The molecule has 0 unspecified atom stereocenters. The highest BCUT2D eigenvalue weighted by Crippen LogP contribution is 2.24. The molecule has 0 saturated carbocycles. The number of benzene rings is 2. The van der Waals surface area contributed by atoms with Gasteiger partial charge < -0.3 is 10.1 Å². The van der Waals surface area contributed by atoms with Crippen molar-refractivity contribution in [3.63, 3.8) is 0 Å². The lowest BCUT2D eigenvalue weighted by molar-refractivity contribution is -0.118. The summed E-state index contributed by atoms with van der Waals surface area (Å²) in [6, 6.07) is 15.8. The molecule has 4 aromatic rings. The van der Waals surface area contributed by atoms with E-state index < -0.39 is 0 Å². The summed E-state index contributed by atoms with van der Waals surface area (Å²) in [7, 11) is 0. The third-order valence-electron chi connectivity index (χ3n) is 5.12. The van der Waals surface area contributed by atoms with Crippen molar-refractivity contribution in [2.24, 2.45) is 0 Å². The molecule has 0 aliphatic heterocycles. The summed E-state index contributed by atoms with van der Waals surface area (Å²) in [5.41, 5.74) is 6.11. The molecule has 0 radical (unpaired) electrons. The molecule has 1 N–H and O–H groups in total. The third kappa shape index (κ3) is 4.43. The van der Waals surface area contributed by atoms with E-state index in [9.17, 15) is 4.79 Å². The number of nitrogens with one attached hydrogen (secondary N) is 1. The molecule has 0 aliphatic rings. The molecule has 4 rings (SSSR count). The summed E-state index contributed by atoms with van der Waals surface area (Å²) in [5, 5.41) is 8.57. The highest BCUT2D eigenvalue weighted by atomic mass is 16.5. The molecule has 0 saturated heterocycles. The van der Waals surface area contributed by atoms with Crippen LogP contribution in [0.1, 0.15) is 27.9 Å². The lowest BCUT2D eigenvalue weighted by Crippen LogP contribution is -2.22. The van der Waals surface area contributed by atoms with Gasteiger partial charge in [0.25, 0.3) is 5.91 Å². The van der Waals surface area contributed by atoms with E-state index in [-0.39, 0.29) is 12.5 Å². The molecule has 0 spiro atoms. The van der Waals surface area contributed by atoms with Crippen LogP contribution in [-0.2, 0) is 4.79 Å². The Kier molecular flexibility index (Phi) is 5.46. The van der Waals surface area contributed by atoms with Crippen LogP contribution in [0, 0.1) is 34.6 Å². The molecule has 1 amide bonds. The lowest BCUT2D eigenvalue weighted by atomic mass is 10.1. The second-order valence-corrected chi connectivity index (χ2v) is 8.01. The number of aryl methyl sites for hydroxylation is 5. The molecule has 0 aliphatic carbocycles. The maximum Gasteiger partial charge on any atom is 0.263 e. The Bertz CT molecular complexity index is 1270. The van der Waals surface area contributed by atoms with E-state index in [4.69, 9.17) is 9.72 Å². The minimum atomic E-state index is -0.256. The van der Waals surface area contributed by atoms with Gasteiger partial charge in [0.2, 0.25) is 0 Å². The fourth-order valence-electron chi connectivity index (χ4n) is 3.76. The molecule has 6 heteroatoms. The summed E-state index contributed by atoms with van der Waals surface area (Å²) in [6.45, 7) is 9.90. The van der Waals surface area contributed by atoms with Gasteiger partial charge >= 0.3 is 0 Å².